The maximum absolute atomic E-state index is 6.12. The molecule has 0 bridgehead atoms. The van der Waals surface area contributed by atoms with Gasteiger partial charge in [-0.05, 0) is 31.6 Å². The van der Waals surface area contributed by atoms with E-state index in [0.29, 0.717) is 11.1 Å². The average molecular weight is 223 g/mol. The summed E-state index contributed by atoms with van der Waals surface area (Å²) in [6, 6.07) is 0. The van der Waals surface area contributed by atoms with E-state index in [1.807, 2.05) is 0 Å². The standard InChI is InChI=1S/C12H15ClN2/c13-12-10-6-5-8-3-1-2-4-9(8)11(10)14-7-15-12/h7-9H,1-6H2/t8-,9+/m0/s1. The maximum Gasteiger partial charge on any atom is 0.135 e. The molecule has 0 amide bonds. The van der Waals surface area contributed by atoms with Gasteiger partial charge in [-0.25, -0.2) is 9.97 Å². The molecule has 3 rings (SSSR count). The third-order valence-corrected chi connectivity index (χ3v) is 4.28. The Labute approximate surface area is 95.1 Å². The largest absolute Gasteiger partial charge is 0.241 e. The van der Waals surface area contributed by atoms with Crippen molar-refractivity contribution in [3.8, 4) is 0 Å². The summed E-state index contributed by atoms with van der Waals surface area (Å²) >= 11 is 6.12. The van der Waals surface area contributed by atoms with Crippen molar-refractivity contribution in [2.75, 3.05) is 0 Å². The fraction of sp³-hybridized carbons (Fsp3) is 0.667. The molecule has 0 saturated heterocycles. The number of halogens is 1. The molecule has 0 unspecified atom stereocenters. The number of aromatic nitrogens is 2. The number of hydrogen-bond donors (Lipinski definition) is 0. The lowest BCUT2D eigenvalue weighted by atomic mass is 9.70. The van der Waals surface area contributed by atoms with Crippen molar-refractivity contribution < 1.29 is 0 Å². The van der Waals surface area contributed by atoms with Crippen LogP contribution in [-0.2, 0) is 6.42 Å². The van der Waals surface area contributed by atoms with Crippen LogP contribution in [0, 0.1) is 5.92 Å². The predicted molar refractivity (Wildman–Crippen MR) is 60.1 cm³/mol. The molecule has 1 aromatic heterocycles. The normalized spacial score (nSPS) is 29.4. The Morgan fingerprint density at radius 1 is 1.13 bits per heavy atom. The highest BCUT2D eigenvalue weighted by Crippen LogP contribution is 2.45. The minimum absolute atomic E-state index is 0.669. The first-order valence-electron chi connectivity index (χ1n) is 5.85. The van der Waals surface area contributed by atoms with E-state index in [1.54, 1.807) is 6.33 Å². The van der Waals surface area contributed by atoms with Gasteiger partial charge in [-0.1, -0.05) is 24.4 Å². The lowest BCUT2D eigenvalue weighted by Gasteiger charge is -2.36. The predicted octanol–water partition coefficient (Wildman–Crippen LogP) is 3.35. The first-order valence-corrected chi connectivity index (χ1v) is 6.23. The van der Waals surface area contributed by atoms with Crippen LogP contribution >= 0.6 is 11.6 Å². The average Bonchev–Trinajstić information content (AvgIpc) is 2.29. The van der Waals surface area contributed by atoms with E-state index in [4.69, 9.17) is 11.6 Å². The van der Waals surface area contributed by atoms with Gasteiger partial charge in [0.25, 0.3) is 0 Å². The van der Waals surface area contributed by atoms with Gasteiger partial charge in [-0.3, -0.25) is 0 Å². The molecule has 1 fully saturated rings. The number of hydrogen-bond acceptors (Lipinski definition) is 2. The first kappa shape index (κ1) is 9.59. The van der Waals surface area contributed by atoms with E-state index in [9.17, 15) is 0 Å². The van der Waals surface area contributed by atoms with Crippen LogP contribution in [0.4, 0.5) is 0 Å². The monoisotopic (exact) mass is 222 g/mol. The van der Waals surface area contributed by atoms with Gasteiger partial charge in [-0.15, -0.1) is 0 Å². The van der Waals surface area contributed by atoms with Gasteiger partial charge < -0.3 is 0 Å². The van der Waals surface area contributed by atoms with Crippen LogP contribution in [0.1, 0.15) is 49.3 Å². The summed E-state index contributed by atoms with van der Waals surface area (Å²) in [4.78, 5) is 8.55. The lowest BCUT2D eigenvalue weighted by molar-refractivity contribution is 0.270. The van der Waals surface area contributed by atoms with Crippen molar-refractivity contribution in [1.82, 2.24) is 9.97 Å². The topological polar surface area (TPSA) is 25.8 Å². The van der Waals surface area contributed by atoms with Crippen molar-refractivity contribution in [3.63, 3.8) is 0 Å². The highest BCUT2D eigenvalue weighted by molar-refractivity contribution is 6.30. The van der Waals surface area contributed by atoms with Crippen molar-refractivity contribution in [1.29, 1.82) is 0 Å². The minimum atomic E-state index is 0.669. The van der Waals surface area contributed by atoms with Crippen molar-refractivity contribution in [2.24, 2.45) is 5.92 Å². The molecule has 2 atom stereocenters. The molecule has 1 heterocycles. The summed E-state index contributed by atoms with van der Waals surface area (Å²) in [5, 5.41) is 0.684. The van der Waals surface area contributed by atoms with Crippen LogP contribution in [-0.4, -0.2) is 9.97 Å². The summed E-state index contributed by atoms with van der Waals surface area (Å²) in [7, 11) is 0. The summed E-state index contributed by atoms with van der Waals surface area (Å²) < 4.78 is 0. The molecule has 0 aromatic carbocycles. The number of rotatable bonds is 0. The van der Waals surface area contributed by atoms with Gasteiger partial charge in [0.15, 0.2) is 0 Å². The van der Waals surface area contributed by atoms with E-state index in [2.05, 4.69) is 9.97 Å². The van der Waals surface area contributed by atoms with Gasteiger partial charge in [0.05, 0.1) is 5.69 Å². The highest BCUT2D eigenvalue weighted by atomic mass is 35.5. The molecular weight excluding hydrogens is 208 g/mol. The molecule has 0 spiro atoms. The molecular formula is C12H15ClN2. The second-order valence-corrected chi connectivity index (χ2v) is 5.08. The summed E-state index contributed by atoms with van der Waals surface area (Å²) in [5.74, 6) is 1.53. The Hall–Kier alpha value is -0.630. The van der Waals surface area contributed by atoms with Gasteiger partial charge in [0.2, 0.25) is 0 Å². The van der Waals surface area contributed by atoms with E-state index in [1.165, 1.54) is 43.4 Å². The van der Waals surface area contributed by atoms with E-state index < -0.39 is 0 Å². The van der Waals surface area contributed by atoms with Gasteiger partial charge in [-0.2, -0.15) is 0 Å². The second-order valence-electron chi connectivity index (χ2n) is 4.72. The Morgan fingerprint density at radius 3 is 2.93 bits per heavy atom. The van der Waals surface area contributed by atoms with E-state index >= 15 is 0 Å². The van der Waals surface area contributed by atoms with Crippen LogP contribution in [0.2, 0.25) is 5.15 Å². The summed E-state index contributed by atoms with van der Waals surface area (Å²) in [6.07, 6.45) is 9.41. The molecule has 2 aliphatic carbocycles. The summed E-state index contributed by atoms with van der Waals surface area (Å²) in [5.41, 5.74) is 2.48. The Morgan fingerprint density at radius 2 is 2.00 bits per heavy atom. The third-order valence-electron chi connectivity index (χ3n) is 3.95. The molecule has 0 radical (unpaired) electrons. The Bertz CT molecular complexity index is 378. The van der Waals surface area contributed by atoms with Gasteiger partial charge in [0.1, 0.15) is 11.5 Å². The van der Waals surface area contributed by atoms with Crippen molar-refractivity contribution in [3.05, 3.63) is 22.7 Å². The molecule has 2 aliphatic rings. The Balaban J connectivity index is 2.03. The SMILES string of the molecule is Clc1ncnc2c1CC[C@@H]1CCCC[C@@H]21. The number of nitrogens with zero attached hydrogens (tertiary/aromatic N) is 2. The third kappa shape index (κ3) is 1.55. The first-order chi connectivity index (χ1) is 7.36. The molecule has 15 heavy (non-hydrogen) atoms. The van der Waals surface area contributed by atoms with Gasteiger partial charge in [0, 0.05) is 11.5 Å². The molecule has 0 N–H and O–H groups in total. The quantitative estimate of drug-likeness (QED) is 0.630. The molecule has 3 heteroatoms. The van der Waals surface area contributed by atoms with Gasteiger partial charge >= 0.3 is 0 Å². The summed E-state index contributed by atoms with van der Waals surface area (Å²) in [6.45, 7) is 0. The molecule has 1 aromatic rings. The second kappa shape index (κ2) is 3.75. The lowest BCUT2D eigenvalue weighted by Crippen LogP contribution is -2.25. The zero-order chi connectivity index (χ0) is 10.3. The van der Waals surface area contributed by atoms with Crippen molar-refractivity contribution in [2.45, 2.75) is 44.4 Å². The molecule has 1 saturated carbocycles. The zero-order valence-electron chi connectivity index (χ0n) is 8.75. The maximum atomic E-state index is 6.12. The van der Waals surface area contributed by atoms with E-state index in [-0.39, 0.29) is 0 Å². The van der Waals surface area contributed by atoms with Crippen LogP contribution in [0.25, 0.3) is 0 Å². The number of fused-ring (bicyclic) bond motifs is 3. The van der Waals surface area contributed by atoms with Crippen LogP contribution < -0.4 is 0 Å². The fourth-order valence-corrected chi connectivity index (χ4v) is 3.43. The smallest absolute Gasteiger partial charge is 0.135 e. The molecule has 2 nitrogen and oxygen atoms in total. The molecule has 80 valence electrons. The van der Waals surface area contributed by atoms with Crippen molar-refractivity contribution >= 4 is 11.6 Å². The highest BCUT2D eigenvalue weighted by Gasteiger charge is 2.33. The molecule has 0 aliphatic heterocycles. The van der Waals surface area contributed by atoms with Crippen LogP contribution in [0.3, 0.4) is 0 Å². The van der Waals surface area contributed by atoms with E-state index in [0.717, 1.165) is 12.3 Å². The Kier molecular flexibility index (Phi) is 2.39. The van der Waals surface area contributed by atoms with Crippen LogP contribution in [0.5, 0.6) is 0 Å². The fourth-order valence-electron chi connectivity index (χ4n) is 3.20. The zero-order valence-corrected chi connectivity index (χ0v) is 9.50. The minimum Gasteiger partial charge on any atom is -0.241 e. The van der Waals surface area contributed by atoms with Crippen LogP contribution in [0.15, 0.2) is 6.33 Å².